The van der Waals surface area contributed by atoms with Crippen LogP contribution < -0.4 is 10.1 Å². The molecule has 0 spiro atoms. The van der Waals surface area contributed by atoms with Gasteiger partial charge in [-0.25, -0.2) is 4.39 Å². The second-order valence-corrected chi connectivity index (χ2v) is 8.19. The normalized spacial score (nSPS) is 15.7. The summed E-state index contributed by atoms with van der Waals surface area (Å²) >= 11 is 1.15. The van der Waals surface area contributed by atoms with Crippen molar-refractivity contribution in [1.82, 2.24) is 15.1 Å². The van der Waals surface area contributed by atoms with Crippen LogP contribution in [0.25, 0.3) is 0 Å². The number of ether oxygens (including phenoxy) is 1. The fourth-order valence-corrected chi connectivity index (χ4v) is 4.48. The molecule has 1 unspecified atom stereocenters. The van der Waals surface area contributed by atoms with E-state index in [-0.39, 0.29) is 23.4 Å². The smallest absolute Gasteiger partial charge is 0.286 e. The lowest BCUT2D eigenvalue weighted by Gasteiger charge is -2.22. The van der Waals surface area contributed by atoms with E-state index < -0.39 is 11.7 Å². The maximum absolute atomic E-state index is 13.3. The summed E-state index contributed by atoms with van der Waals surface area (Å²) in [6, 6.07) is 12.9. The van der Waals surface area contributed by atoms with Gasteiger partial charge in [-0.1, -0.05) is 29.5 Å². The standard InChI is InChI=1S/C22H21FN4O3S/c1-30-17-8-2-5-14(11-17)12-19(28)27-10-4-9-18(27)21-25-26-22(31-21)20(29)24-16-7-3-6-15(23)13-16/h2-3,5-8,11,13,18H,4,9-10,12H2,1H3,(H,24,29). The average molecular weight is 441 g/mol. The third kappa shape index (κ3) is 4.88. The first-order chi connectivity index (χ1) is 15.0. The van der Waals surface area contributed by atoms with Gasteiger partial charge in [0.05, 0.1) is 19.6 Å². The number of amides is 2. The fraction of sp³-hybridized carbons (Fsp3) is 0.273. The van der Waals surface area contributed by atoms with Crippen molar-refractivity contribution in [2.45, 2.75) is 25.3 Å². The number of hydrogen-bond donors (Lipinski definition) is 1. The molecule has 1 saturated heterocycles. The number of aromatic nitrogens is 2. The summed E-state index contributed by atoms with van der Waals surface area (Å²) in [5.74, 6) is -0.188. The molecule has 0 aliphatic carbocycles. The summed E-state index contributed by atoms with van der Waals surface area (Å²) in [4.78, 5) is 27.2. The van der Waals surface area contributed by atoms with Crippen LogP contribution in [-0.4, -0.2) is 40.6 Å². The van der Waals surface area contributed by atoms with E-state index in [1.807, 2.05) is 24.3 Å². The number of carbonyl (C=O) groups is 2. The van der Waals surface area contributed by atoms with Crippen molar-refractivity contribution in [2.75, 3.05) is 19.0 Å². The number of anilines is 1. The van der Waals surface area contributed by atoms with Gasteiger partial charge in [0.25, 0.3) is 5.91 Å². The highest BCUT2D eigenvalue weighted by atomic mass is 32.1. The Morgan fingerprint density at radius 2 is 2.06 bits per heavy atom. The third-order valence-electron chi connectivity index (χ3n) is 5.07. The number of methoxy groups -OCH3 is 1. The maximum Gasteiger partial charge on any atom is 0.286 e. The molecule has 4 rings (SSSR count). The molecule has 1 fully saturated rings. The van der Waals surface area contributed by atoms with Crippen LogP contribution in [0.5, 0.6) is 5.75 Å². The summed E-state index contributed by atoms with van der Waals surface area (Å²) in [5, 5.41) is 11.6. The molecule has 3 aromatic rings. The average Bonchev–Trinajstić information content (AvgIpc) is 3.43. The van der Waals surface area contributed by atoms with Crippen molar-refractivity contribution in [2.24, 2.45) is 0 Å². The Labute approximate surface area is 182 Å². The van der Waals surface area contributed by atoms with Gasteiger partial charge in [0.15, 0.2) is 0 Å². The van der Waals surface area contributed by atoms with Gasteiger partial charge >= 0.3 is 0 Å². The molecule has 160 valence electrons. The molecular weight excluding hydrogens is 419 g/mol. The lowest BCUT2D eigenvalue weighted by atomic mass is 10.1. The first-order valence-corrected chi connectivity index (χ1v) is 10.7. The van der Waals surface area contributed by atoms with E-state index in [0.717, 1.165) is 29.7 Å². The fourth-order valence-electron chi connectivity index (χ4n) is 3.59. The SMILES string of the molecule is COc1cccc(CC(=O)N2CCCC2c2nnc(C(=O)Nc3cccc(F)c3)s2)c1. The maximum atomic E-state index is 13.3. The Kier molecular flexibility index (Phi) is 6.22. The Morgan fingerprint density at radius 3 is 2.87 bits per heavy atom. The van der Waals surface area contributed by atoms with Gasteiger partial charge in [-0.15, -0.1) is 10.2 Å². The van der Waals surface area contributed by atoms with Gasteiger partial charge in [-0.05, 0) is 48.7 Å². The van der Waals surface area contributed by atoms with Crippen LogP contribution in [0.4, 0.5) is 10.1 Å². The van der Waals surface area contributed by atoms with Crippen LogP contribution >= 0.6 is 11.3 Å². The molecule has 2 amide bonds. The minimum atomic E-state index is -0.457. The van der Waals surface area contributed by atoms with Crippen molar-refractivity contribution in [1.29, 1.82) is 0 Å². The number of halogens is 1. The largest absolute Gasteiger partial charge is 0.497 e. The van der Waals surface area contributed by atoms with E-state index >= 15 is 0 Å². The van der Waals surface area contributed by atoms with Crippen molar-refractivity contribution in [3.63, 3.8) is 0 Å². The van der Waals surface area contributed by atoms with Gasteiger partial charge in [0.1, 0.15) is 16.6 Å². The number of likely N-dealkylation sites (tertiary alicyclic amines) is 1. The Balaban J connectivity index is 1.44. The summed E-state index contributed by atoms with van der Waals surface area (Å²) in [5.41, 5.74) is 1.22. The van der Waals surface area contributed by atoms with Crippen LogP contribution in [-0.2, 0) is 11.2 Å². The minimum Gasteiger partial charge on any atom is -0.497 e. The topological polar surface area (TPSA) is 84.4 Å². The molecule has 0 bridgehead atoms. The Morgan fingerprint density at radius 1 is 1.23 bits per heavy atom. The summed E-state index contributed by atoms with van der Waals surface area (Å²) < 4.78 is 18.6. The van der Waals surface area contributed by atoms with Gasteiger partial charge in [-0.3, -0.25) is 9.59 Å². The molecule has 2 aromatic carbocycles. The summed E-state index contributed by atoms with van der Waals surface area (Å²) in [6.07, 6.45) is 1.89. The number of nitrogens with zero attached hydrogens (tertiary/aromatic N) is 3. The quantitative estimate of drug-likeness (QED) is 0.630. The summed E-state index contributed by atoms with van der Waals surface area (Å²) in [6.45, 7) is 0.637. The first-order valence-electron chi connectivity index (χ1n) is 9.86. The second kappa shape index (κ2) is 9.22. The predicted octanol–water partition coefficient (Wildman–Crippen LogP) is 3.84. The zero-order valence-corrected chi connectivity index (χ0v) is 17.7. The van der Waals surface area contributed by atoms with Crippen molar-refractivity contribution < 1.29 is 18.7 Å². The molecular formula is C22H21FN4O3S. The third-order valence-corrected chi connectivity index (χ3v) is 6.09. The predicted molar refractivity (Wildman–Crippen MR) is 115 cm³/mol. The highest BCUT2D eigenvalue weighted by Crippen LogP contribution is 2.34. The van der Waals surface area contributed by atoms with Crippen LogP contribution in [0.15, 0.2) is 48.5 Å². The van der Waals surface area contributed by atoms with Gasteiger partial charge in [0.2, 0.25) is 10.9 Å². The minimum absolute atomic E-state index is 0.00304. The number of hydrogen-bond acceptors (Lipinski definition) is 6. The Hall–Kier alpha value is -3.33. The van der Waals surface area contributed by atoms with Crippen molar-refractivity contribution in [3.05, 3.63) is 69.9 Å². The first kappa shape index (κ1) is 20.9. The number of carbonyl (C=O) groups excluding carboxylic acids is 2. The zero-order valence-electron chi connectivity index (χ0n) is 16.9. The molecule has 1 aliphatic rings. The highest BCUT2D eigenvalue weighted by molar-refractivity contribution is 7.13. The van der Waals surface area contributed by atoms with Gasteiger partial charge < -0.3 is 15.0 Å². The van der Waals surface area contributed by atoms with Crippen molar-refractivity contribution >= 4 is 28.8 Å². The van der Waals surface area contributed by atoms with E-state index in [1.54, 1.807) is 18.1 Å². The van der Waals surface area contributed by atoms with Crippen LogP contribution in [0.3, 0.4) is 0 Å². The van der Waals surface area contributed by atoms with Gasteiger partial charge in [0, 0.05) is 12.2 Å². The van der Waals surface area contributed by atoms with E-state index in [2.05, 4.69) is 15.5 Å². The second-order valence-electron chi connectivity index (χ2n) is 7.18. The molecule has 7 nitrogen and oxygen atoms in total. The van der Waals surface area contributed by atoms with Crippen molar-refractivity contribution in [3.8, 4) is 5.75 Å². The molecule has 1 aliphatic heterocycles. The van der Waals surface area contributed by atoms with Crippen LogP contribution in [0.2, 0.25) is 0 Å². The molecule has 0 saturated carbocycles. The molecule has 2 heterocycles. The molecule has 1 atom stereocenters. The number of nitrogens with one attached hydrogen (secondary N) is 1. The van der Waals surface area contributed by atoms with Crippen LogP contribution in [0, 0.1) is 5.82 Å². The van der Waals surface area contributed by atoms with E-state index in [1.165, 1.54) is 18.2 Å². The molecule has 1 N–H and O–H groups in total. The van der Waals surface area contributed by atoms with E-state index in [4.69, 9.17) is 4.74 Å². The number of rotatable bonds is 6. The lowest BCUT2D eigenvalue weighted by Crippen LogP contribution is -2.31. The van der Waals surface area contributed by atoms with Crippen LogP contribution in [0.1, 0.15) is 39.3 Å². The van der Waals surface area contributed by atoms with E-state index in [9.17, 15) is 14.0 Å². The van der Waals surface area contributed by atoms with Gasteiger partial charge in [-0.2, -0.15) is 0 Å². The molecule has 1 aromatic heterocycles. The molecule has 9 heteroatoms. The zero-order chi connectivity index (χ0) is 21.8. The van der Waals surface area contributed by atoms with E-state index in [0.29, 0.717) is 23.0 Å². The molecule has 31 heavy (non-hydrogen) atoms. The molecule has 0 radical (unpaired) electrons. The summed E-state index contributed by atoms with van der Waals surface area (Å²) in [7, 11) is 1.59. The number of benzene rings is 2. The lowest BCUT2D eigenvalue weighted by molar-refractivity contribution is -0.131. The highest BCUT2D eigenvalue weighted by Gasteiger charge is 2.33. The Bertz CT molecular complexity index is 1100. The monoisotopic (exact) mass is 440 g/mol.